The van der Waals surface area contributed by atoms with E-state index >= 15 is 0 Å². The lowest BCUT2D eigenvalue weighted by Crippen LogP contribution is -2.43. The minimum Gasteiger partial charge on any atom is -0.492 e. The molecule has 11 heteroatoms. The van der Waals surface area contributed by atoms with Crippen molar-refractivity contribution in [1.29, 1.82) is 0 Å². The van der Waals surface area contributed by atoms with Gasteiger partial charge in [-0.1, -0.05) is 35.9 Å². The van der Waals surface area contributed by atoms with E-state index in [4.69, 9.17) is 21.1 Å². The van der Waals surface area contributed by atoms with Crippen molar-refractivity contribution in [2.24, 2.45) is 7.05 Å². The standard InChI is InChI=1S/C26H31ClN4O5S/c1-3-35-26(32)30-25-11-9-18-8-10-20(15-22(18)23(25)14-19-6-4-5-7-24(19)27)36-13-12-29-37(33,34)21-16-28-31(2)17-21/h4-8,10,15-17,23,25,29H,3,9,11-14H2,1-2H3,(H,30,32). The molecule has 1 amide bonds. The summed E-state index contributed by atoms with van der Waals surface area (Å²) >= 11 is 6.47. The molecular formula is C26H31ClN4O5S. The van der Waals surface area contributed by atoms with Gasteiger partial charge >= 0.3 is 6.09 Å². The number of carbonyl (C=O) groups is 1. The van der Waals surface area contributed by atoms with Gasteiger partial charge in [0.2, 0.25) is 10.0 Å². The number of rotatable bonds is 10. The van der Waals surface area contributed by atoms with Crippen LogP contribution in [0.3, 0.4) is 0 Å². The number of amides is 1. The summed E-state index contributed by atoms with van der Waals surface area (Å²) in [5.41, 5.74) is 3.25. The van der Waals surface area contributed by atoms with Crippen LogP contribution in [-0.2, 0) is 34.6 Å². The van der Waals surface area contributed by atoms with Crippen molar-refractivity contribution in [1.82, 2.24) is 19.8 Å². The predicted molar refractivity (Wildman–Crippen MR) is 140 cm³/mol. The van der Waals surface area contributed by atoms with Crippen LogP contribution in [-0.4, -0.2) is 50.1 Å². The van der Waals surface area contributed by atoms with Crippen LogP contribution in [0.5, 0.6) is 5.75 Å². The largest absolute Gasteiger partial charge is 0.492 e. The number of halogens is 1. The molecule has 0 saturated heterocycles. The van der Waals surface area contributed by atoms with Crippen LogP contribution in [0.4, 0.5) is 4.79 Å². The van der Waals surface area contributed by atoms with Crippen molar-refractivity contribution >= 4 is 27.7 Å². The van der Waals surface area contributed by atoms with Crippen LogP contribution in [0, 0.1) is 0 Å². The van der Waals surface area contributed by atoms with Gasteiger partial charge in [-0.15, -0.1) is 0 Å². The zero-order valence-electron chi connectivity index (χ0n) is 20.8. The Kier molecular flexibility index (Phi) is 8.73. The highest BCUT2D eigenvalue weighted by atomic mass is 35.5. The van der Waals surface area contributed by atoms with Crippen LogP contribution in [0.15, 0.2) is 59.8 Å². The Bertz CT molecular complexity index is 1340. The van der Waals surface area contributed by atoms with Crippen LogP contribution < -0.4 is 14.8 Å². The molecule has 0 radical (unpaired) electrons. The normalized spacial score (nSPS) is 17.2. The molecule has 2 aromatic carbocycles. The minimum atomic E-state index is -3.66. The average molecular weight is 547 g/mol. The summed E-state index contributed by atoms with van der Waals surface area (Å²) in [7, 11) is -2.00. The Morgan fingerprint density at radius 1 is 1.24 bits per heavy atom. The van der Waals surface area contributed by atoms with Crippen molar-refractivity contribution in [3.8, 4) is 5.75 Å². The molecule has 1 aromatic heterocycles. The van der Waals surface area contributed by atoms with Gasteiger partial charge in [0, 0.05) is 36.8 Å². The number of alkyl carbamates (subject to hydrolysis) is 1. The van der Waals surface area contributed by atoms with Crippen molar-refractivity contribution < 1.29 is 22.7 Å². The van der Waals surface area contributed by atoms with Gasteiger partial charge in [0.1, 0.15) is 17.3 Å². The quantitative estimate of drug-likeness (QED) is 0.374. The van der Waals surface area contributed by atoms with E-state index in [0.29, 0.717) is 23.8 Å². The third-order valence-corrected chi connectivity index (χ3v) is 8.14. The van der Waals surface area contributed by atoms with E-state index in [1.165, 1.54) is 22.6 Å². The van der Waals surface area contributed by atoms with E-state index in [1.807, 2.05) is 42.5 Å². The third kappa shape index (κ3) is 6.82. The first-order valence-electron chi connectivity index (χ1n) is 12.2. The van der Waals surface area contributed by atoms with E-state index in [0.717, 1.165) is 24.0 Å². The number of fused-ring (bicyclic) bond motifs is 1. The molecule has 0 fully saturated rings. The zero-order chi connectivity index (χ0) is 26.4. The highest BCUT2D eigenvalue weighted by molar-refractivity contribution is 7.89. The second-order valence-electron chi connectivity index (χ2n) is 8.87. The van der Waals surface area contributed by atoms with Gasteiger partial charge in [0.05, 0.1) is 12.8 Å². The highest BCUT2D eigenvalue weighted by Crippen LogP contribution is 2.37. The monoisotopic (exact) mass is 546 g/mol. The average Bonchev–Trinajstić information content (AvgIpc) is 3.32. The van der Waals surface area contributed by atoms with Crippen LogP contribution in [0.2, 0.25) is 5.02 Å². The van der Waals surface area contributed by atoms with Crippen molar-refractivity contribution in [3.05, 3.63) is 76.6 Å². The first-order chi connectivity index (χ1) is 17.8. The van der Waals surface area contributed by atoms with E-state index in [9.17, 15) is 13.2 Å². The van der Waals surface area contributed by atoms with Gasteiger partial charge in [-0.05, 0) is 61.1 Å². The summed E-state index contributed by atoms with van der Waals surface area (Å²) in [4.78, 5) is 12.4. The second kappa shape index (κ2) is 12.0. The van der Waals surface area contributed by atoms with E-state index in [1.54, 1.807) is 14.0 Å². The Morgan fingerprint density at radius 2 is 2.05 bits per heavy atom. The Labute approximate surface area is 222 Å². The number of aromatic nitrogens is 2. The summed E-state index contributed by atoms with van der Waals surface area (Å²) in [6.07, 6.45) is 4.51. The summed E-state index contributed by atoms with van der Waals surface area (Å²) in [6.45, 7) is 2.33. The summed E-state index contributed by atoms with van der Waals surface area (Å²) in [5, 5.41) is 7.61. The molecule has 1 heterocycles. The summed E-state index contributed by atoms with van der Waals surface area (Å²) in [6, 6.07) is 13.5. The van der Waals surface area contributed by atoms with E-state index in [-0.39, 0.29) is 30.0 Å². The summed E-state index contributed by atoms with van der Waals surface area (Å²) < 4.78 is 39.8. The Balaban J connectivity index is 1.48. The first-order valence-corrected chi connectivity index (χ1v) is 14.0. The SMILES string of the molecule is CCOC(=O)NC1CCc2ccc(OCCNS(=O)(=O)c3cnn(C)c3)cc2C1Cc1ccccc1Cl. The van der Waals surface area contributed by atoms with Crippen LogP contribution in [0.25, 0.3) is 0 Å². The van der Waals surface area contributed by atoms with Gasteiger partial charge in [0.25, 0.3) is 0 Å². The highest BCUT2D eigenvalue weighted by Gasteiger charge is 2.32. The molecule has 2 unspecified atom stereocenters. The van der Waals surface area contributed by atoms with E-state index < -0.39 is 16.1 Å². The Hall–Kier alpha value is -3.08. The minimum absolute atomic E-state index is 0.0410. The predicted octanol–water partition coefficient (Wildman–Crippen LogP) is 3.82. The van der Waals surface area contributed by atoms with Crippen LogP contribution in [0.1, 0.15) is 36.0 Å². The van der Waals surface area contributed by atoms with Crippen molar-refractivity contribution in [2.75, 3.05) is 19.8 Å². The molecule has 2 atom stereocenters. The fraction of sp³-hybridized carbons (Fsp3) is 0.385. The first kappa shape index (κ1) is 27.0. The molecule has 3 aromatic rings. The number of nitrogens with one attached hydrogen (secondary N) is 2. The molecule has 0 bridgehead atoms. The maximum Gasteiger partial charge on any atom is 0.407 e. The number of ether oxygens (including phenoxy) is 2. The Morgan fingerprint density at radius 3 is 2.78 bits per heavy atom. The molecule has 9 nitrogen and oxygen atoms in total. The van der Waals surface area contributed by atoms with Crippen molar-refractivity contribution in [2.45, 2.75) is 43.0 Å². The van der Waals surface area contributed by atoms with Gasteiger partial charge in [-0.3, -0.25) is 4.68 Å². The smallest absolute Gasteiger partial charge is 0.407 e. The number of carbonyl (C=O) groups excluding carboxylic acids is 1. The molecule has 0 saturated carbocycles. The lowest BCUT2D eigenvalue weighted by molar-refractivity contribution is 0.144. The molecule has 0 spiro atoms. The molecule has 2 N–H and O–H groups in total. The fourth-order valence-electron chi connectivity index (χ4n) is 4.58. The number of nitrogens with zero attached hydrogens (tertiary/aromatic N) is 2. The molecule has 198 valence electrons. The second-order valence-corrected chi connectivity index (χ2v) is 11.0. The number of aryl methyl sites for hydroxylation is 2. The number of benzene rings is 2. The van der Waals surface area contributed by atoms with Crippen LogP contribution >= 0.6 is 11.6 Å². The summed E-state index contributed by atoms with van der Waals surface area (Å²) in [5.74, 6) is 0.584. The molecule has 0 aliphatic heterocycles. The maximum absolute atomic E-state index is 12.4. The fourth-order valence-corrected chi connectivity index (χ4v) is 5.79. The molecular weight excluding hydrogens is 516 g/mol. The lowest BCUT2D eigenvalue weighted by atomic mass is 9.76. The third-order valence-electron chi connectivity index (χ3n) is 6.36. The number of hydrogen-bond donors (Lipinski definition) is 2. The zero-order valence-corrected chi connectivity index (χ0v) is 22.4. The topological polar surface area (TPSA) is 112 Å². The molecule has 4 rings (SSSR count). The van der Waals surface area contributed by atoms with Gasteiger partial charge in [0.15, 0.2) is 0 Å². The number of sulfonamides is 1. The van der Waals surface area contributed by atoms with Gasteiger partial charge < -0.3 is 14.8 Å². The van der Waals surface area contributed by atoms with E-state index in [2.05, 4.69) is 15.1 Å². The van der Waals surface area contributed by atoms with Gasteiger partial charge in [-0.2, -0.15) is 5.10 Å². The number of hydrogen-bond acceptors (Lipinski definition) is 6. The van der Waals surface area contributed by atoms with Gasteiger partial charge in [-0.25, -0.2) is 17.9 Å². The molecule has 1 aliphatic rings. The van der Waals surface area contributed by atoms with Crippen molar-refractivity contribution in [3.63, 3.8) is 0 Å². The maximum atomic E-state index is 12.4. The molecule has 37 heavy (non-hydrogen) atoms. The lowest BCUT2D eigenvalue weighted by Gasteiger charge is -2.34. The molecule has 1 aliphatic carbocycles.